The topological polar surface area (TPSA) is 68.7 Å². The Morgan fingerprint density at radius 2 is 2.19 bits per heavy atom. The van der Waals surface area contributed by atoms with Gasteiger partial charge >= 0.3 is 5.97 Å². The molecule has 0 fully saturated rings. The Bertz CT molecular complexity index is 352. The molecule has 1 rings (SSSR count). The summed E-state index contributed by atoms with van der Waals surface area (Å²) in [5, 5.41) is 8.71. The number of carboxylic acid groups (broad SMARTS) is 1. The first-order chi connectivity index (χ1) is 7.59. The minimum atomic E-state index is -1.07. The van der Waals surface area contributed by atoms with Gasteiger partial charge in [-0.25, -0.2) is 9.78 Å². The molecule has 5 heteroatoms. The molecule has 1 heterocycles. The van der Waals surface area contributed by atoms with Crippen molar-refractivity contribution in [2.75, 3.05) is 13.2 Å². The van der Waals surface area contributed by atoms with Gasteiger partial charge in [0.2, 0.25) is 5.88 Å². The number of aromatic carboxylic acids is 1. The SMILES string of the molecule is CC(C)OCCOc1cccc(C(=O)O)n1. The van der Waals surface area contributed by atoms with Crippen molar-refractivity contribution in [3.05, 3.63) is 23.9 Å². The minimum Gasteiger partial charge on any atom is -0.477 e. The number of pyridine rings is 1. The number of aromatic nitrogens is 1. The predicted octanol–water partition coefficient (Wildman–Crippen LogP) is 1.58. The van der Waals surface area contributed by atoms with Crippen LogP contribution in [-0.2, 0) is 4.74 Å². The smallest absolute Gasteiger partial charge is 0.354 e. The number of hydrogen-bond donors (Lipinski definition) is 1. The number of carbonyl (C=O) groups is 1. The lowest BCUT2D eigenvalue weighted by Gasteiger charge is -2.08. The van der Waals surface area contributed by atoms with Crippen LogP contribution >= 0.6 is 0 Å². The van der Waals surface area contributed by atoms with Gasteiger partial charge in [0, 0.05) is 6.07 Å². The second-order valence-electron chi connectivity index (χ2n) is 3.43. The van der Waals surface area contributed by atoms with Crippen molar-refractivity contribution in [3.8, 4) is 5.88 Å². The van der Waals surface area contributed by atoms with Gasteiger partial charge in [0.25, 0.3) is 0 Å². The van der Waals surface area contributed by atoms with Crippen molar-refractivity contribution >= 4 is 5.97 Å². The van der Waals surface area contributed by atoms with E-state index in [9.17, 15) is 4.79 Å². The zero-order chi connectivity index (χ0) is 12.0. The summed E-state index contributed by atoms with van der Waals surface area (Å²) < 4.78 is 10.5. The number of ether oxygens (including phenoxy) is 2. The van der Waals surface area contributed by atoms with Gasteiger partial charge in [0.15, 0.2) is 5.69 Å². The van der Waals surface area contributed by atoms with Gasteiger partial charge in [0.05, 0.1) is 12.7 Å². The maximum atomic E-state index is 10.6. The van der Waals surface area contributed by atoms with Crippen LogP contribution in [0.3, 0.4) is 0 Å². The van der Waals surface area contributed by atoms with Crippen molar-refractivity contribution in [2.24, 2.45) is 0 Å². The first-order valence-electron chi connectivity index (χ1n) is 5.04. The van der Waals surface area contributed by atoms with E-state index in [2.05, 4.69) is 4.98 Å². The molecule has 0 unspecified atom stereocenters. The molecule has 0 aromatic carbocycles. The van der Waals surface area contributed by atoms with E-state index in [1.54, 1.807) is 12.1 Å². The summed E-state index contributed by atoms with van der Waals surface area (Å²) in [5.41, 5.74) is -0.0257. The van der Waals surface area contributed by atoms with Crippen LogP contribution < -0.4 is 4.74 Å². The fraction of sp³-hybridized carbons (Fsp3) is 0.455. The highest BCUT2D eigenvalue weighted by atomic mass is 16.5. The Labute approximate surface area is 94.0 Å². The first kappa shape index (κ1) is 12.4. The van der Waals surface area contributed by atoms with E-state index >= 15 is 0 Å². The summed E-state index contributed by atoms with van der Waals surface area (Å²) in [6.07, 6.45) is 0.155. The fourth-order valence-electron chi connectivity index (χ4n) is 1.04. The molecule has 5 nitrogen and oxygen atoms in total. The number of nitrogens with zero attached hydrogens (tertiary/aromatic N) is 1. The molecular formula is C11H15NO4. The predicted molar refractivity (Wildman–Crippen MR) is 57.8 cm³/mol. The second-order valence-corrected chi connectivity index (χ2v) is 3.43. The minimum absolute atomic E-state index is 0.0257. The molecule has 0 saturated heterocycles. The molecule has 0 aliphatic heterocycles. The first-order valence-corrected chi connectivity index (χ1v) is 5.04. The van der Waals surface area contributed by atoms with Crippen molar-refractivity contribution in [3.63, 3.8) is 0 Å². The number of carboxylic acids is 1. The van der Waals surface area contributed by atoms with Crippen molar-refractivity contribution in [1.82, 2.24) is 4.98 Å². The summed E-state index contributed by atoms with van der Waals surface area (Å²) in [6.45, 7) is 4.68. The van der Waals surface area contributed by atoms with Gasteiger partial charge in [-0.3, -0.25) is 0 Å². The molecule has 0 amide bonds. The van der Waals surface area contributed by atoms with Crippen LogP contribution in [0.25, 0.3) is 0 Å². The normalized spacial score (nSPS) is 10.4. The maximum absolute atomic E-state index is 10.6. The monoisotopic (exact) mass is 225 g/mol. The van der Waals surface area contributed by atoms with Crippen molar-refractivity contribution in [1.29, 1.82) is 0 Å². The third kappa shape index (κ3) is 4.27. The van der Waals surface area contributed by atoms with Crippen molar-refractivity contribution < 1.29 is 19.4 Å². The quantitative estimate of drug-likeness (QED) is 0.744. The van der Waals surface area contributed by atoms with Gasteiger partial charge in [-0.2, -0.15) is 0 Å². The Morgan fingerprint density at radius 1 is 1.44 bits per heavy atom. The standard InChI is InChI=1S/C11H15NO4/c1-8(2)15-6-7-16-10-5-3-4-9(12-10)11(13)14/h3-5,8H,6-7H2,1-2H3,(H,13,14). The lowest BCUT2D eigenvalue weighted by Crippen LogP contribution is -2.12. The Hall–Kier alpha value is -1.62. The van der Waals surface area contributed by atoms with E-state index in [0.29, 0.717) is 19.1 Å². The summed E-state index contributed by atoms with van der Waals surface area (Å²) in [5.74, 6) is -0.767. The number of rotatable bonds is 6. The third-order valence-corrected chi connectivity index (χ3v) is 1.73. The average Bonchev–Trinajstić information content (AvgIpc) is 2.24. The molecule has 1 aromatic heterocycles. The van der Waals surface area contributed by atoms with E-state index in [1.165, 1.54) is 6.07 Å². The lowest BCUT2D eigenvalue weighted by molar-refractivity contribution is 0.0540. The average molecular weight is 225 g/mol. The summed E-state index contributed by atoms with van der Waals surface area (Å²) in [6, 6.07) is 4.62. The van der Waals surface area contributed by atoms with E-state index in [0.717, 1.165) is 0 Å². The number of hydrogen-bond acceptors (Lipinski definition) is 4. The van der Waals surface area contributed by atoms with E-state index in [4.69, 9.17) is 14.6 Å². The van der Waals surface area contributed by atoms with E-state index in [1.807, 2.05) is 13.8 Å². The Balaban J connectivity index is 2.42. The van der Waals surface area contributed by atoms with Crippen LogP contribution in [0.5, 0.6) is 5.88 Å². The molecule has 0 atom stereocenters. The van der Waals surface area contributed by atoms with Crippen LogP contribution in [0.4, 0.5) is 0 Å². The highest BCUT2D eigenvalue weighted by Crippen LogP contribution is 2.07. The highest BCUT2D eigenvalue weighted by molar-refractivity contribution is 5.85. The zero-order valence-corrected chi connectivity index (χ0v) is 9.34. The van der Waals surface area contributed by atoms with Crippen LogP contribution in [0.2, 0.25) is 0 Å². The molecule has 1 aromatic rings. The Kier molecular flexibility index (Phi) is 4.72. The molecule has 0 spiro atoms. The summed E-state index contributed by atoms with van der Waals surface area (Å²) >= 11 is 0. The van der Waals surface area contributed by atoms with Crippen LogP contribution in [0, 0.1) is 0 Å². The highest BCUT2D eigenvalue weighted by Gasteiger charge is 2.05. The molecule has 1 N–H and O–H groups in total. The molecule has 0 bridgehead atoms. The van der Waals surface area contributed by atoms with Crippen LogP contribution in [-0.4, -0.2) is 35.4 Å². The summed E-state index contributed by atoms with van der Waals surface area (Å²) in [4.78, 5) is 14.4. The van der Waals surface area contributed by atoms with Gasteiger partial charge in [0.1, 0.15) is 6.61 Å². The largest absolute Gasteiger partial charge is 0.477 e. The van der Waals surface area contributed by atoms with Crippen molar-refractivity contribution in [2.45, 2.75) is 20.0 Å². The zero-order valence-electron chi connectivity index (χ0n) is 9.34. The molecular weight excluding hydrogens is 210 g/mol. The fourth-order valence-corrected chi connectivity index (χ4v) is 1.04. The van der Waals surface area contributed by atoms with E-state index < -0.39 is 5.97 Å². The molecule has 16 heavy (non-hydrogen) atoms. The molecule has 0 saturated carbocycles. The van der Waals surface area contributed by atoms with Gasteiger partial charge in [-0.1, -0.05) is 6.07 Å². The van der Waals surface area contributed by atoms with E-state index in [-0.39, 0.29) is 11.8 Å². The maximum Gasteiger partial charge on any atom is 0.354 e. The third-order valence-electron chi connectivity index (χ3n) is 1.73. The molecule has 0 radical (unpaired) electrons. The molecule has 0 aliphatic rings. The van der Waals surface area contributed by atoms with Gasteiger partial charge < -0.3 is 14.6 Å². The molecule has 0 aliphatic carbocycles. The molecule has 88 valence electrons. The van der Waals surface area contributed by atoms with Crippen LogP contribution in [0.15, 0.2) is 18.2 Å². The van der Waals surface area contributed by atoms with Crippen LogP contribution in [0.1, 0.15) is 24.3 Å². The Morgan fingerprint density at radius 3 is 2.81 bits per heavy atom. The van der Waals surface area contributed by atoms with Gasteiger partial charge in [-0.05, 0) is 19.9 Å². The summed E-state index contributed by atoms with van der Waals surface area (Å²) in [7, 11) is 0. The second kappa shape index (κ2) is 6.07. The lowest BCUT2D eigenvalue weighted by atomic mass is 10.3. The van der Waals surface area contributed by atoms with Gasteiger partial charge in [-0.15, -0.1) is 0 Å².